The third-order valence-electron chi connectivity index (χ3n) is 5.44. The predicted octanol–water partition coefficient (Wildman–Crippen LogP) is 7.52. The molecule has 0 radical (unpaired) electrons. The van der Waals surface area contributed by atoms with Crippen LogP contribution in [-0.2, 0) is 4.79 Å². The lowest BCUT2D eigenvalue weighted by Crippen LogP contribution is -2.30. The highest BCUT2D eigenvalue weighted by Crippen LogP contribution is 2.24. The summed E-state index contributed by atoms with van der Waals surface area (Å²) >= 11 is 13.6. The molecule has 0 aromatic heterocycles. The molecule has 0 bridgehead atoms. The summed E-state index contributed by atoms with van der Waals surface area (Å²) in [5, 5.41) is 6.19. The maximum atomic E-state index is 13.2. The van der Waals surface area contributed by atoms with E-state index in [1.807, 2.05) is 0 Å². The van der Waals surface area contributed by atoms with Crippen molar-refractivity contribution in [1.82, 2.24) is 5.32 Å². The Morgan fingerprint density at radius 3 is 2.18 bits per heavy atom. The third kappa shape index (κ3) is 8.04. The van der Waals surface area contributed by atoms with Crippen molar-refractivity contribution in [2.75, 3.05) is 11.1 Å². The molecule has 0 saturated heterocycles. The van der Waals surface area contributed by atoms with Gasteiger partial charge in [-0.2, -0.15) is 0 Å². The van der Waals surface area contributed by atoms with Crippen LogP contribution in [0.1, 0.15) is 26.3 Å². The minimum absolute atomic E-state index is 0.0172. The first-order chi connectivity index (χ1) is 18.8. The number of carbonyl (C=O) groups is 3. The molecule has 0 saturated carbocycles. The van der Waals surface area contributed by atoms with E-state index in [1.54, 1.807) is 72.8 Å². The molecule has 4 aromatic rings. The van der Waals surface area contributed by atoms with Gasteiger partial charge in [0.05, 0.1) is 5.75 Å². The molecule has 0 aliphatic heterocycles. The number of thioether (sulfide) groups is 1. The minimum atomic E-state index is -0.558. The van der Waals surface area contributed by atoms with Crippen LogP contribution in [0.25, 0.3) is 6.08 Å². The van der Waals surface area contributed by atoms with Gasteiger partial charge >= 0.3 is 0 Å². The van der Waals surface area contributed by atoms with E-state index in [1.165, 1.54) is 42.1 Å². The Morgan fingerprint density at radius 1 is 0.821 bits per heavy atom. The maximum absolute atomic E-state index is 13.2. The number of Topliss-reactive ketones (excluding diaryl/α,β-unsaturated/α-hetero) is 1. The number of hydrogen-bond donors (Lipinski definition) is 2. The van der Waals surface area contributed by atoms with Crippen LogP contribution in [0.3, 0.4) is 0 Å². The van der Waals surface area contributed by atoms with Gasteiger partial charge in [-0.1, -0.05) is 47.5 Å². The van der Waals surface area contributed by atoms with E-state index in [2.05, 4.69) is 10.6 Å². The highest BCUT2D eigenvalue weighted by Gasteiger charge is 2.16. The largest absolute Gasteiger partial charge is 0.321 e. The minimum Gasteiger partial charge on any atom is -0.321 e. The Balaban J connectivity index is 1.46. The Morgan fingerprint density at radius 2 is 1.51 bits per heavy atom. The molecule has 0 fully saturated rings. The summed E-state index contributed by atoms with van der Waals surface area (Å²) in [4.78, 5) is 39.2. The number of carbonyl (C=O) groups excluding carboxylic acids is 3. The summed E-state index contributed by atoms with van der Waals surface area (Å²) < 4.78 is 13.1. The van der Waals surface area contributed by atoms with Crippen molar-refractivity contribution in [3.8, 4) is 0 Å². The second-order valence-electron chi connectivity index (χ2n) is 8.24. The van der Waals surface area contributed by atoms with Crippen LogP contribution >= 0.6 is 35.0 Å². The zero-order chi connectivity index (χ0) is 27.8. The first kappa shape index (κ1) is 28.1. The predicted molar refractivity (Wildman–Crippen MR) is 155 cm³/mol. The fourth-order valence-corrected chi connectivity index (χ4v) is 4.67. The number of nitrogens with one attached hydrogen (secondary N) is 2. The molecule has 5 nitrogen and oxygen atoms in total. The zero-order valence-corrected chi connectivity index (χ0v) is 22.6. The lowest BCUT2D eigenvalue weighted by molar-refractivity contribution is -0.113. The van der Waals surface area contributed by atoms with Crippen LogP contribution < -0.4 is 10.6 Å². The van der Waals surface area contributed by atoms with Crippen molar-refractivity contribution < 1.29 is 18.8 Å². The van der Waals surface area contributed by atoms with Gasteiger partial charge < -0.3 is 10.6 Å². The molecule has 39 heavy (non-hydrogen) atoms. The van der Waals surface area contributed by atoms with Crippen molar-refractivity contribution in [2.45, 2.75) is 4.90 Å². The molecule has 4 rings (SSSR count). The van der Waals surface area contributed by atoms with Crippen LogP contribution in [0.15, 0.2) is 108 Å². The van der Waals surface area contributed by atoms with Gasteiger partial charge in [-0.25, -0.2) is 4.39 Å². The average molecular weight is 579 g/mol. The van der Waals surface area contributed by atoms with Crippen molar-refractivity contribution >= 4 is 64.3 Å². The molecule has 0 spiro atoms. The molecule has 196 valence electrons. The Hall–Kier alpha value is -3.91. The normalized spacial score (nSPS) is 11.1. The van der Waals surface area contributed by atoms with E-state index in [0.29, 0.717) is 32.4 Å². The first-order valence-corrected chi connectivity index (χ1v) is 13.4. The summed E-state index contributed by atoms with van der Waals surface area (Å²) in [6.07, 6.45) is 1.47. The fourth-order valence-electron chi connectivity index (χ4n) is 3.42. The lowest BCUT2D eigenvalue weighted by atomic mass is 10.1. The van der Waals surface area contributed by atoms with E-state index < -0.39 is 17.6 Å². The van der Waals surface area contributed by atoms with Crippen LogP contribution in [0.4, 0.5) is 10.1 Å². The summed E-state index contributed by atoms with van der Waals surface area (Å²) in [6, 6.07) is 25.6. The van der Waals surface area contributed by atoms with Gasteiger partial charge in [-0.05, 0) is 84.4 Å². The number of anilines is 1. The second kappa shape index (κ2) is 13.2. The second-order valence-corrected chi connectivity index (χ2v) is 10.1. The first-order valence-electron chi connectivity index (χ1n) is 11.6. The number of benzene rings is 4. The maximum Gasteiger partial charge on any atom is 0.272 e. The van der Waals surface area contributed by atoms with Crippen molar-refractivity contribution in [3.05, 3.63) is 135 Å². The molecule has 2 amide bonds. The number of halogens is 3. The van der Waals surface area contributed by atoms with Gasteiger partial charge in [0.1, 0.15) is 11.5 Å². The molecule has 0 unspecified atom stereocenters. The molecular formula is C30H21Cl2FN2O3S. The van der Waals surface area contributed by atoms with Gasteiger partial charge in [0.25, 0.3) is 11.8 Å². The average Bonchev–Trinajstić information content (AvgIpc) is 2.94. The summed E-state index contributed by atoms with van der Waals surface area (Å²) in [6.45, 7) is 0. The Kier molecular flexibility index (Phi) is 9.54. The molecule has 0 atom stereocenters. The molecule has 0 aliphatic rings. The standard InChI is InChI=1S/C30H21Cl2FN2O3S/c31-22-9-6-21(26(32)17-22)16-27(35-29(37)20-4-2-1-3-5-20)30(38)34-24-12-14-25(15-13-24)39-18-28(36)19-7-10-23(33)11-8-19/h1-17H,18H2,(H,34,38)(H,35,37)/b27-16-. The summed E-state index contributed by atoms with van der Waals surface area (Å²) in [5.41, 5.74) is 1.78. The van der Waals surface area contributed by atoms with E-state index >= 15 is 0 Å². The Bertz CT molecular complexity index is 1530. The molecular weight excluding hydrogens is 558 g/mol. The molecule has 9 heteroatoms. The van der Waals surface area contributed by atoms with E-state index in [9.17, 15) is 18.8 Å². The third-order valence-corrected chi connectivity index (χ3v) is 7.01. The van der Waals surface area contributed by atoms with Crippen LogP contribution in [0.5, 0.6) is 0 Å². The number of ketones is 1. The van der Waals surface area contributed by atoms with Crippen LogP contribution in [0.2, 0.25) is 10.0 Å². The van der Waals surface area contributed by atoms with E-state index in [-0.39, 0.29) is 17.2 Å². The smallest absolute Gasteiger partial charge is 0.272 e. The molecule has 2 N–H and O–H groups in total. The number of amides is 2. The Labute approximate surface area is 239 Å². The summed E-state index contributed by atoms with van der Waals surface area (Å²) in [7, 11) is 0. The van der Waals surface area contributed by atoms with Gasteiger partial charge in [-0.15, -0.1) is 11.8 Å². The van der Waals surface area contributed by atoms with Gasteiger partial charge in [0.2, 0.25) is 0 Å². The number of hydrogen-bond acceptors (Lipinski definition) is 4. The number of rotatable bonds is 9. The molecule has 4 aromatic carbocycles. The van der Waals surface area contributed by atoms with Crippen molar-refractivity contribution in [1.29, 1.82) is 0 Å². The highest BCUT2D eigenvalue weighted by atomic mass is 35.5. The van der Waals surface area contributed by atoms with Crippen LogP contribution in [0, 0.1) is 5.82 Å². The highest BCUT2D eigenvalue weighted by molar-refractivity contribution is 8.00. The molecule has 0 aliphatic carbocycles. The van der Waals surface area contributed by atoms with E-state index in [4.69, 9.17) is 23.2 Å². The zero-order valence-electron chi connectivity index (χ0n) is 20.3. The molecule has 0 heterocycles. The monoisotopic (exact) mass is 578 g/mol. The van der Waals surface area contributed by atoms with E-state index in [0.717, 1.165) is 4.90 Å². The topological polar surface area (TPSA) is 75.3 Å². The van der Waals surface area contributed by atoms with Crippen LogP contribution in [-0.4, -0.2) is 23.4 Å². The fraction of sp³-hybridized carbons (Fsp3) is 0.0333. The van der Waals surface area contributed by atoms with Gasteiger partial charge in [0, 0.05) is 31.8 Å². The van der Waals surface area contributed by atoms with Crippen molar-refractivity contribution in [3.63, 3.8) is 0 Å². The van der Waals surface area contributed by atoms with Gasteiger partial charge in [0.15, 0.2) is 5.78 Å². The summed E-state index contributed by atoms with van der Waals surface area (Å²) in [5.74, 6) is -1.36. The van der Waals surface area contributed by atoms with Gasteiger partial charge in [-0.3, -0.25) is 14.4 Å². The quantitative estimate of drug-likeness (QED) is 0.122. The lowest BCUT2D eigenvalue weighted by Gasteiger charge is -2.12. The van der Waals surface area contributed by atoms with Crippen molar-refractivity contribution in [2.24, 2.45) is 0 Å². The SMILES string of the molecule is O=C(Nc1ccc(SCC(=O)c2ccc(F)cc2)cc1)/C(=C/c1ccc(Cl)cc1Cl)NC(=O)c1ccccc1.